The van der Waals surface area contributed by atoms with Crippen LogP contribution < -0.4 is 0 Å². The molecule has 1 fully saturated rings. The molecule has 15 heavy (non-hydrogen) atoms. The molecule has 1 aliphatic rings. The minimum atomic E-state index is -4.88. The maximum absolute atomic E-state index is 11.6. The van der Waals surface area contributed by atoms with Crippen LogP contribution in [0, 0.1) is 0 Å². The van der Waals surface area contributed by atoms with Crippen LogP contribution in [0.2, 0.25) is 0 Å². The maximum atomic E-state index is 11.6. The minimum Gasteiger partial charge on any atom is -0.324 e. The first-order chi connectivity index (χ1) is 6.81. The van der Waals surface area contributed by atoms with E-state index in [1.807, 2.05) is 0 Å². The maximum Gasteiger partial charge on any atom is 0.476 e. The Morgan fingerprint density at radius 3 is 1.80 bits per heavy atom. The first-order valence-corrected chi connectivity index (χ1v) is 8.08. The van der Waals surface area contributed by atoms with Gasteiger partial charge in [0.15, 0.2) is 0 Å². The van der Waals surface area contributed by atoms with Crippen LogP contribution in [0.15, 0.2) is 0 Å². The topological polar surface area (TPSA) is 104 Å². The molecule has 0 aliphatic heterocycles. The van der Waals surface area contributed by atoms with Gasteiger partial charge in [0.1, 0.15) is 0 Å². The lowest BCUT2D eigenvalue weighted by Crippen LogP contribution is -2.08. The van der Waals surface area contributed by atoms with E-state index in [0.717, 1.165) is 25.7 Å². The highest BCUT2D eigenvalue weighted by atomic mass is 31.3. The highest BCUT2D eigenvalue weighted by Gasteiger charge is 2.38. The predicted octanol–water partition coefficient (Wildman–Crippen LogP) is 2.00. The van der Waals surface area contributed by atoms with Crippen molar-refractivity contribution in [2.24, 2.45) is 0 Å². The van der Waals surface area contributed by atoms with Gasteiger partial charge < -0.3 is 14.7 Å². The molecule has 8 heteroatoms. The molecule has 1 atom stereocenters. The molecule has 3 N–H and O–H groups in total. The van der Waals surface area contributed by atoms with Crippen LogP contribution in [-0.2, 0) is 13.4 Å². The molecule has 0 bridgehead atoms. The van der Waals surface area contributed by atoms with Gasteiger partial charge in [-0.15, -0.1) is 0 Å². The van der Waals surface area contributed by atoms with Crippen molar-refractivity contribution in [3.63, 3.8) is 0 Å². The third kappa shape index (κ3) is 4.77. The van der Waals surface area contributed by atoms with Gasteiger partial charge in [0.2, 0.25) is 0 Å². The Hall–Kier alpha value is 0.300. The SMILES string of the molecule is O=P(O)(O)OP(=O)(O)C1CCCCCC1. The molecule has 1 aliphatic carbocycles. The van der Waals surface area contributed by atoms with E-state index in [0.29, 0.717) is 12.8 Å². The Morgan fingerprint density at radius 1 is 0.933 bits per heavy atom. The molecule has 0 spiro atoms. The van der Waals surface area contributed by atoms with Gasteiger partial charge in [0, 0.05) is 0 Å². The van der Waals surface area contributed by atoms with E-state index in [1.54, 1.807) is 0 Å². The number of phosphoric acid groups is 1. The second kappa shape index (κ2) is 5.09. The van der Waals surface area contributed by atoms with Crippen molar-refractivity contribution in [2.45, 2.75) is 44.2 Å². The monoisotopic (exact) mass is 258 g/mol. The summed E-state index contributed by atoms with van der Waals surface area (Å²) in [5, 5.41) is 0. The minimum absolute atomic E-state index is 0.494. The Morgan fingerprint density at radius 2 is 1.40 bits per heavy atom. The molecular formula is C7H16O6P2. The van der Waals surface area contributed by atoms with Crippen molar-refractivity contribution in [3.05, 3.63) is 0 Å². The highest BCUT2D eigenvalue weighted by Crippen LogP contribution is 2.62. The fourth-order valence-corrected chi connectivity index (χ4v) is 4.57. The van der Waals surface area contributed by atoms with E-state index < -0.39 is 21.1 Å². The zero-order chi connectivity index (χ0) is 11.5. The third-order valence-corrected chi connectivity index (χ3v) is 5.74. The predicted molar refractivity (Wildman–Crippen MR) is 54.4 cm³/mol. The van der Waals surface area contributed by atoms with Gasteiger partial charge in [-0.05, 0) is 12.8 Å². The largest absolute Gasteiger partial charge is 0.476 e. The summed E-state index contributed by atoms with van der Waals surface area (Å²) in [4.78, 5) is 26.5. The van der Waals surface area contributed by atoms with Crippen molar-refractivity contribution in [2.75, 3.05) is 0 Å². The second-order valence-corrected chi connectivity index (χ2v) is 7.27. The van der Waals surface area contributed by atoms with Gasteiger partial charge in [0.25, 0.3) is 0 Å². The van der Waals surface area contributed by atoms with Crippen molar-refractivity contribution in [3.8, 4) is 0 Å². The first-order valence-electron chi connectivity index (χ1n) is 4.90. The van der Waals surface area contributed by atoms with Crippen LogP contribution in [0.5, 0.6) is 0 Å². The van der Waals surface area contributed by atoms with Gasteiger partial charge in [-0.25, -0.2) is 8.88 Å². The molecule has 1 rings (SSSR count). The number of hydrogen-bond acceptors (Lipinski definition) is 3. The lowest BCUT2D eigenvalue weighted by atomic mass is 10.2. The van der Waals surface area contributed by atoms with Crippen molar-refractivity contribution >= 4 is 15.4 Å². The Labute approximate surface area is 88.4 Å². The van der Waals surface area contributed by atoms with Gasteiger partial charge in [-0.2, -0.15) is 0 Å². The Balaban J connectivity index is 2.66. The molecule has 0 amide bonds. The zero-order valence-corrected chi connectivity index (χ0v) is 10.1. The normalized spacial score (nSPS) is 24.5. The molecule has 0 heterocycles. The van der Waals surface area contributed by atoms with Crippen LogP contribution in [0.4, 0.5) is 0 Å². The number of hydrogen-bond donors (Lipinski definition) is 3. The van der Waals surface area contributed by atoms with E-state index in [1.165, 1.54) is 0 Å². The summed E-state index contributed by atoms with van der Waals surface area (Å²) in [7, 11) is -9.06. The van der Waals surface area contributed by atoms with Crippen molar-refractivity contribution < 1.29 is 28.1 Å². The van der Waals surface area contributed by atoms with E-state index in [-0.39, 0.29) is 0 Å². The molecular weight excluding hydrogens is 242 g/mol. The third-order valence-electron chi connectivity index (χ3n) is 2.51. The van der Waals surface area contributed by atoms with E-state index >= 15 is 0 Å². The Kier molecular flexibility index (Phi) is 4.53. The van der Waals surface area contributed by atoms with Crippen LogP contribution in [0.3, 0.4) is 0 Å². The second-order valence-electron chi connectivity index (χ2n) is 3.78. The molecule has 0 aromatic rings. The summed E-state index contributed by atoms with van der Waals surface area (Å²) in [6, 6.07) is 0. The molecule has 6 nitrogen and oxygen atoms in total. The molecule has 1 saturated carbocycles. The van der Waals surface area contributed by atoms with Gasteiger partial charge in [0.05, 0.1) is 5.66 Å². The van der Waals surface area contributed by atoms with Gasteiger partial charge in [-0.3, -0.25) is 4.57 Å². The molecule has 0 aromatic heterocycles. The lowest BCUT2D eigenvalue weighted by Gasteiger charge is -2.20. The summed E-state index contributed by atoms with van der Waals surface area (Å²) in [5.41, 5.74) is -0.632. The van der Waals surface area contributed by atoms with Crippen molar-refractivity contribution in [1.29, 1.82) is 0 Å². The Bertz CT molecular complexity index is 290. The summed E-state index contributed by atoms with van der Waals surface area (Å²) >= 11 is 0. The standard InChI is InChI=1S/C7H16O6P2/c8-14(9,13-15(10,11)12)7-5-3-1-2-4-6-7/h7H,1-6H2,(H,8,9)(H2,10,11,12). The summed E-state index contributed by atoms with van der Waals surface area (Å²) < 4.78 is 26.1. The van der Waals surface area contributed by atoms with Crippen LogP contribution in [-0.4, -0.2) is 20.3 Å². The molecule has 0 aromatic carbocycles. The first kappa shape index (κ1) is 13.4. The molecule has 90 valence electrons. The lowest BCUT2D eigenvalue weighted by molar-refractivity contribution is 0.257. The molecule has 0 saturated heterocycles. The average molecular weight is 258 g/mol. The quantitative estimate of drug-likeness (QED) is 0.528. The van der Waals surface area contributed by atoms with Crippen molar-refractivity contribution in [1.82, 2.24) is 0 Å². The van der Waals surface area contributed by atoms with Gasteiger partial charge in [-0.1, -0.05) is 25.7 Å². The zero-order valence-electron chi connectivity index (χ0n) is 8.28. The summed E-state index contributed by atoms with van der Waals surface area (Å²) in [6.07, 6.45) is 4.58. The van der Waals surface area contributed by atoms with E-state index in [4.69, 9.17) is 9.79 Å². The highest BCUT2D eigenvalue weighted by molar-refractivity contribution is 7.64. The van der Waals surface area contributed by atoms with E-state index in [9.17, 15) is 14.0 Å². The fraction of sp³-hybridized carbons (Fsp3) is 1.00. The summed E-state index contributed by atoms with van der Waals surface area (Å²) in [6.45, 7) is 0. The van der Waals surface area contributed by atoms with Crippen LogP contribution in [0.25, 0.3) is 0 Å². The van der Waals surface area contributed by atoms with Crippen LogP contribution >= 0.6 is 15.4 Å². The summed E-state index contributed by atoms with van der Waals surface area (Å²) in [5.74, 6) is 0. The fourth-order valence-electron chi connectivity index (χ4n) is 1.80. The smallest absolute Gasteiger partial charge is 0.324 e. The number of rotatable bonds is 3. The average Bonchev–Trinajstić information content (AvgIpc) is 2.25. The van der Waals surface area contributed by atoms with Crippen LogP contribution in [0.1, 0.15) is 38.5 Å². The molecule has 1 unspecified atom stereocenters. The molecule has 0 radical (unpaired) electrons. The van der Waals surface area contributed by atoms with E-state index in [2.05, 4.69) is 4.31 Å². The van der Waals surface area contributed by atoms with Gasteiger partial charge >= 0.3 is 15.4 Å².